The highest BCUT2D eigenvalue weighted by molar-refractivity contribution is 5.82. The summed E-state index contributed by atoms with van der Waals surface area (Å²) in [6, 6.07) is 5.72. The molecule has 3 atom stereocenters. The highest BCUT2D eigenvalue weighted by atomic mass is 16.2. The number of amides is 1. The lowest BCUT2D eigenvalue weighted by molar-refractivity contribution is -0.124. The Morgan fingerprint density at radius 3 is 2.53 bits per heavy atom. The van der Waals surface area contributed by atoms with E-state index in [1.807, 2.05) is 26.8 Å². The van der Waals surface area contributed by atoms with E-state index in [-0.39, 0.29) is 17.9 Å². The van der Waals surface area contributed by atoms with Crippen molar-refractivity contribution in [3.63, 3.8) is 0 Å². The second-order valence-electron chi connectivity index (χ2n) is 5.43. The summed E-state index contributed by atoms with van der Waals surface area (Å²) in [6.07, 6.45) is 0.909. The molecule has 0 heterocycles. The van der Waals surface area contributed by atoms with Crippen LogP contribution in [-0.2, 0) is 4.79 Å². The van der Waals surface area contributed by atoms with E-state index in [0.717, 1.165) is 12.0 Å². The zero-order valence-electron chi connectivity index (χ0n) is 12.7. The van der Waals surface area contributed by atoms with Crippen LogP contribution in [0.3, 0.4) is 0 Å². The molecule has 0 radical (unpaired) electrons. The van der Waals surface area contributed by atoms with Crippen molar-refractivity contribution in [2.24, 2.45) is 11.7 Å². The molecule has 0 saturated heterocycles. The van der Waals surface area contributed by atoms with Crippen LogP contribution in [0.5, 0.6) is 0 Å². The zero-order chi connectivity index (χ0) is 14.6. The third-order valence-corrected chi connectivity index (χ3v) is 4.03. The van der Waals surface area contributed by atoms with Gasteiger partial charge >= 0.3 is 0 Å². The fourth-order valence-corrected chi connectivity index (χ4v) is 2.14. The van der Waals surface area contributed by atoms with Crippen LogP contribution >= 0.6 is 0 Å². The van der Waals surface area contributed by atoms with E-state index in [1.165, 1.54) is 11.1 Å². The van der Waals surface area contributed by atoms with Crippen molar-refractivity contribution in [2.75, 3.05) is 0 Å². The third-order valence-electron chi connectivity index (χ3n) is 4.03. The van der Waals surface area contributed by atoms with E-state index >= 15 is 0 Å². The molecular weight excluding hydrogens is 236 g/mol. The Hall–Kier alpha value is -1.35. The smallest absolute Gasteiger partial charge is 0.237 e. The van der Waals surface area contributed by atoms with Gasteiger partial charge in [0.1, 0.15) is 0 Å². The van der Waals surface area contributed by atoms with Crippen molar-refractivity contribution in [3.05, 3.63) is 34.9 Å². The van der Waals surface area contributed by atoms with Gasteiger partial charge in [-0.1, -0.05) is 38.5 Å². The van der Waals surface area contributed by atoms with Gasteiger partial charge in [-0.25, -0.2) is 0 Å². The molecule has 1 aromatic carbocycles. The molecule has 3 N–H and O–H groups in total. The van der Waals surface area contributed by atoms with Crippen molar-refractivity contribution in [1.29, 1.82) is 0 Å². The molecule has 0 spiro atoms. The Labute approximate surface area is 116 Å². The molecule has 106 valence electrons. The molecule has 0 aliphatic heterocycles. The SMILES string of the molecule is CCC(C)C(N)C(=O)NC(C)c1cccc(C)c1C. The molecule has 3 unspecified atom stereocenters. The van der Waals surface area contributed by atoms with Gasteiger partial charge in [0.15, 0.2) is 0 Å². The van der Waals surface area contributed by atoms with E-state index in [4.69, 9.17) is 5.73 Å². The second kappa shape index (κ2) is 6.71. The topological polar surface area (TPSA) is 55.1 Å². The molecule has 0 bridgehead atoms. The average molecular weight is 262 g/mol. The van der Waals surface area contributed by atoms with Gasteiger partial charge in [-0.3, -0.25) is 4.79 Å². The number of hydrogen-bond acceptors (Lipinski definition) is 2. The van der Waals surface area contributed by atoms with Crippen molar-refractivity contribution in [2.45, 2.75) is 53.1 Å². The van der Waals surface area contributed by atoms with E-state index in [0.29, 0.717) is 0 Å². The summed E-state index contributed by atoms with van der Waals surface area (Å²) < 4.78 is 0. The van der Waals surface area contributed by atoms with Gasteiger partial charge in [-0.2, -0.15) is 0 Å². The highest BCUT2D eigenvalue weighted by Crippen LogP contribution is 2.20. The van der Waals surface area contributed by atoms with Crippen LogP contribution in [0.2, 0.25) is 0 Å². The maximum Gasteiger partial charge on any atom is 0.237 e. The van der Waals surface area contributed by atoms with Gasteiger partial charge in [0.25, 0.3) is 0 Å². The fourth-order valence-electron chi connectivity index (χ4n) is 2.14. The third kappa shape index (κ3) is 3.80. The number of carbonyl (C=O) groups excluding carboxylic acids is 1. The summed E-state index contributed by atoms with van der Waals surface area (Å²) in [4.78, 5) is 12.1. The van der Waals surface area contributed by atoms with E-state index in [2.05, 4.69) is 31.3 Å². The normalized spacial score (nSPS) is 15.7. The molecular formula is C16H26N2O. The predicted octanol–water partition coefficient (Wildman–Crippen LogP) is 2.85. The summed E-state index contributed by atoms with van der Waals surface area (Å²) in [5.41, 5.74) is 9.58. The number of aryl methyl sites for hydroxylation is 1. The Balaban J connectivity index is 2.77. The van der Waals surface area contributed by atoms with E-state index < -0.39 is 6.04 Å². The minimum Gasteiger partial charge on any atom is -0.348 e. The molecule has 1 amide bonds. The maximum absolute atomic E-state index is 12.1. The molecule has 0 aliphatic carbocycles. The number of benzene rings is 1. The Bertz CT molecular complexity index is 442. The summed E-state index contributed by atoms with van der Waals surface area (Å²) in [5, 5.41) is 3.02. The van der Waals surface area contributed by atoms with Crippen molar-refractivity contribution in [3.8, 4) is 0 Å². The lowest BCUT2D eigenvalue weighted by Gasteiger charge is -2.22. The number of hydrogen-bond donors (Lipinski definition) is 2. The highest BCUT2D eigenvalue weighted by Gasteiger charge is 2.21. The maximum atomic E-state index is 12.1. The van der Waals surface area contributed by atoms with Gasteiger partial charge in [-0.05, 0) is 43.4 Å². The quantitative estimate of drug-likeness (QED) is 0.857. The molecule has 0 aromatic heterocycles. The zero-order valence-corrected chi connectivity index (χ0v) is 12.7. The van der Waals surface area contributed by atoms with Crippen LogP contribution in [0.25, 0.3) is 0 Å². The Morgan fingerprint density at radius 1 is 1.32 bits per heavy atom. The lowest BCUT2D eigenvalue weighted by Crippen LogP contribution is -2.45. The minimum atomic E-state index is -0.433. The largest absolute Gasteiger partial charge is 0.348 e. The fraction of sp³-hybridized carbons (Fsp3) is 0.562. The van der Waals surface area contributed by atoms with Crippen LogP contribution in [-0.4, -0.2) is 11.9 Å². The van der Waals surface area contributed by atoms with Crippen molar-refractivity contribution >= 4 is 5.91 Å². The first kappa shape index (κ1) is 15.7. The average Bonchev–Trinajstić information content (AvgIpc) is 2.39. The molecule has 0 fully saturated rings. The van der Waals surface area contributed by atoms with Crippen molar-refractivity contribution < 1.29 is 4.79 Å². The van der Waals surface area contributed by atoms with E-state index in [1.54, 1.807) is 0 Å². The Kier molecular flexibility index (Phi) is 5.55. The van der Waals surface area contributed by atoms with E-state index in [9.17, 15) is 4.79 Å². The molecule has 3 heteroatoms. The van der Waals surface area contributed by atoms with Crippen LogP contribution in [0.4, 0.5) is 0 Å². The van der Waals surface area contributed by atoms with Crippen molar-refractivity contribution in [1.82, 2.24) is 5.32 Å². The first-order valence-corrected chi connectivity index (χ1v) is 7.00. The number of rotatable bonds is 5. The van der Waals surface area contributed by atoms with Gasteiger partial charge in [-0.15, -0.1) is 0 Å². The van der Waals surface area contributed by atoms with Gasteiger partial charge in [0.2, 0.25) is 5.91 Å². The molecule has 3 nitrogen and oxygen atoms in total. The summed E-state index contributed by atoms with van der Waals surface area (Å²) in [5.74, 6) is 0.133. The lowest BCUT2D eigenvalue weighted by atomic mass is 9.96. The van der Waals surface area contributed by atoms with Crippen LogP contribution < -0.4 is 11.1 Å². The number of nitrogens with one attached hydrogen (secondary N) is 1. The predicted molar refractivity (Wildman–Crippen MR) is 79.9 cm³/mol. The summed E-state index contributed by atoms with van der Waals surface area (Å²) in [6.45, 7) is 10.2. The van der Waals surface area contributed by atoms with Crippen LogP contribution in [0, 0.1) is 19.8 Å². The standard InChI is InChI=1S/C16H26N2O/c1-6-10(2)15(17)16(19)18-13(5)14-9-7-8-11(3)12(14)4/h7-10,13,15H,6,17H2,1-5H3,(H,18,19). The van der Waals surface area contributed by atoms with Gasteiger partial charge in [0.05, 0.1) is 12.1 Å². The van der Waals surface area contributed by atoms with Gasteiger partial charge < -0.3 is 11.1 Å². The molecule has 1 rings (SSSR count). The molecule has 19 heavy (non-hydrogen) atoms. The molecule has 1 aromatic rings. The summed E-state index contributed by atoms with van der Waals surface area (Å²) >= 11 is 0. The Morgan fingerprint density at radius 2 is 1.95 bits per heavy atom. The first-order chi connectivity index (χ1) is 8.88. The first-order valence-electron chi connectivity index (χ1n) is 7.00. The minimum absolute atomic E-state index is 0.0116. The van der Waals surface area contributed by atoms with Gasteiger partial charge in [0, 0.05) is 0 Å². The summed E-state index contributed by atoms with van der Waals surface area (Å²) in [7, 11) is 0. The second-order valence-corrected chi connectivity index (χ2v) is 5.43. The number of nitrogens with two attached hydrogens (primary N) is 1. The van der Waals surface area contributed by atoms with Crippen LogP contribution in [0.1, 0.15) is 49.9 Å². The van der Waals surface area contributed by atoms with Crippen LogP contribution in [0.15, 0.2) is 18.2 Å². The molecule has 0 aliphatic rings. The monoisotopic (exact) mass is 262 g/mol. The molecule has 0 saturated carbocycles. The number of carbonyl (C=O) groups is 1.